The third-order valence-corrected chi connectivity index (χ3v) is 4.31. The first-order chi connectivity index (χ1) is 12.5. The molecule has 1 aliphatic rings. The largest absolute Gasteiger partial charge is 0.398 e. The van der Waals surface area contributed by atoms with Crippen molar-refractivity contribution in [1.29, 1.82) is 0 Å². The van der Waals surface area contributed by atoms with Crippen LogP contribution in [0.25, 0.3) is 11.3 Å². The predicted octanol–water partition coefficient (Wildman–Crippen LogP) is 2.22. The fourth-order valence-electron chi connectivity index (χ4n) is 2.62. The number of benzene rings is 2. The monoisotopic (exact) mass is 351 g/mol. The van der Waals surface area contributed by atoms with Crippen molar-refractivity contribution >= 4 is 23.1 Å². The Morgan fingerprint density at radius 2 is 1.50 bits per heavy atom. The molecule has 0 aliphatic heterocycles. The Bertz CT molecular complexity index is 851. The van der Waals surface area contributed by atoms with Gasteiger partial charge in [0, 0.05) is 11.6 Å². The normalized spacial score (nSPS) is 14.4. The average molecular weight is 351 g/mol. The molecular formula is C20H21N3O3. The Kier molecular flexibility index (Phi) is 5.04. The molecule has 1 fully saturated rings. The molecule has 26 heavy (non-hydrogen) atoms. The van der Waals surface area contributed by atoms with Gasteiger partial charge in [-0.1, -0.05) is 42.0 Å². The van der Waals surface area contributed by atoms with Crippen LogP contribution in [0.5, 0.6) is 0 Å². The molecule has 6 heteroatoms. The maximum absolute atomic E-state index is 12.8. The first-order valence-corrected chi connectivity index (χ1v) is 8.42. The minimum atomic E-state index is -0.607. The van der Waals surface area contributed by atoms with Crippen molar-refractivity contribution in [2.45, 2.75) is 25.8 Å². The lowest BCUT2D eigenvalue weighted by Gasteiger charge is -2.14. The van der Waals surface area contributed by atoms with Crippen LogP contribution >= 0.6 is 0 Å². The predicted molar refractivity (Wildman–Crippen MR) is 99.0 cm³/mol. The molecule has 134 valence electrons. The molecular weight excluding hydrogens is 330 g/mol. The molecule has 0 heterocycles. The minimum absolute atomic E-state index is 0.203. The third kappa shape index (κ3) is 3.92. The van der Waals surface area contributed by atoms with Crippen molar-refractivity contribution in [3.8, 4) is 0 Å². The van der Waals surface area contributed by atoms with Gasteiger partial charge in [-0.05, 0) is 43.0 Å². The van der Waals surface area contributed by atoms with Crippen LogP contribution in [-0.2, 0) is 4.79 Å². The van der Waals surface area contributed by atoms with Gasteiger partial charge in [0.25, 0.3) is 11.8 Å². The number of rotatable bonds is 5. The van der Waals surface area contributed by atoms with E-state index < -0.39 is 5.91 Å². The van der Waals surface area contributed by atoms with E-state index in [1.54, 1.807) is 29.7 Å². The smallest absolute Gasteiger partial charge is 0.274 e. The van der Waals surface area contributed by atoms with E-state index >= 15 is 0 Å². The summed E-state index contributed by atoms with van der Waals surface area (Å²) in [4.78, 5) is 24.2. The van der Waals surface area contributed by atoms with Crippen LogP contribution in [0.1, 0.15) is 39.9 Å². The third-order valence-electron chi connectivity index (χ3n) is 4.31. The summed E-state index contributed by atoms with van der Waals surface area (Å²) in [5.41, 5.74) is 11.4. The highest BCUT2D eigenvalue weighted by Crippen LogP contribution is 2.26. The van der Waals surface area contributed by atoms with Crippen LogP contribution in [0.3, 0.4) is 0 Å². The van der Waals surface area contributed by atoms with Gasteiger partial charge in [0.15, 0.2) is 0 Å². The number of nitrogens with two attached hydrogens (primary N) is 1. The SMILES string of the molecule is Cc1ccc(/C(C(=O)NC2CC2)=C(/N)c2ccc(C(=O)NO)cc2)cc1. The van der Waals surface area contributed by atoms with E-state index in [-0.39, 0.29) is 11.9 Å². The lowest BCUT2D eigenvalue weighted by atomic mass is 9.97. The van der Waals surface area contributed by atoms with E-state index in [1.807, 2.05) is 31.2 Å². The van der Waals surface area contributed by atoms with Crippen LogP contribution < -0.4 is 16.5 Å². The number of amides is 2. The zero-order chi connectivity index (χ0) is 18.7. The lowest BCUT2D eigenvalue weighted by Crippen LogP contribution is -2.28. The molecule has 3 rings (SSSR count). The topological polar surface area (TPSA) is 104 Å². The Morgan fingerprint density at radius 1 is 0.962 bits per heavy atom. The number of carbonyl (C=O) groups is 2. The Morgan fingerprint density at radius 3 is 2.04 bits per heavy atom. The molecule has 0 bridgehead atoms. The zero-order valence-corrected chi connectivity index (χ0v) is 14.5. The standard InChI is InChI=1S/C20H21N3O3/c1-12-2-4-13(5-3-12)17(20(25)22-16-10-11-16)18(21)14-6-8-15(9-7-14)19(24)23-26/h2-9,16,26H,10-11,21H2,1H3,(H,22,25)(H,23,24)/b18-17-. The van der Waals surface area contributed by atoms with Crippen LogP contribution in [0.2, 0.25) is 0 Å². The van der Waals surface area contributed by atoms with Crippen molar-refractivity contribution in [3.63, 3.8) is 0 Å². The average Bonchev–Trinajstić information content (AvgIpc) is 3.47. The number of nitrogens with one attached hydrogen (secondary N) is 2. The van der Waals surface area contributed by atoms with E-state index in [0.717, 1.165) is 24.0 Å². The van der Waals surface area contributed by atoms with Gasteiger partial charge in [-0.25, -0.2) is 5.48 Å². The maximum atomic E-state index is 12.8. The number of hydrogen-bond donors (Lipinski definition) is 4. The van der Waals surface area contributed by atoms with Crippen molar-refractivity contribution in [1.82, 2.24) is 10.8 Å². The second kappa shape index (κ2) is 7.41. The summed E-state index contributed by atoms with van der Waals surface area (Å²) >= 11 is 0. The van der Waals surface area contributed by atoms with Gasteiger partial charge in [-0.2, -0.15) is 0 Å². The molecule has 2 amide bonds. The number of hydrogen-bond acceptors (Lipinski definition) is 4. The fraction of sp³-hybridized carbons (Fsp3) is 0.200. The Balaban J connectivity index is 2.01. The van der Waals surface area contributed by atoms with Crippen molar-refractivity contribution in [2.75, 3.05) is 0 Å². The fourth-order valence-corrected chi connectivity index (χ4v) is 2.62. The van der Waals surface area contributed by atoms with Crippen LogP contribution in [0.4, 0.5) is 0 Å². The summed E-state index contributed by atoms with van der Waals surface area (Å²) in [5.74, 6) is -0.810. The molecule has 0 radical (unpaired) electrons. The maximum Gasteiger partial charge on any atom is 0.274 e. The zero-order valence-electron chi connectivity index (χ0n) is 14.5. The van der Waals surface area contributed by atoms with Gasteiger partial charge in [0.2, 0.25) is 0 Å². The molecule has 5 N–H and O–H groups in total. The number of aryl methyl sites for hydroxylation is 1. The first-order valence-electron chi connectivity index (χ1n) is 8.42. The second-order valence-corrected chi connectivity index (χ2v) is 6.42. The molecule has 2 aromatic rings. The van der Waals surface area contributed by atoms with E-state index in [2.05, 4.69) is 5.32 Å². The molecule has 0 atom stereocenters. The Hall–Kier alpha value is -3.12. The van der Waals surface area contributed by atoms with Gasteiger partial charge in [0.1, 0.15) is 0 Å². The summed E-state index contributed by atoms with van der Waals surface area (Å²) in [5, 5.41) is 11.7. The van der Waals surface area contributed by atoms with E-state index in [0.29, 0.717) is 22.4 Å². The van der Waals surface area contributed by atoms with E-state index in [9.17, 15) is 9.59 Å². The van der Waals surface area contributed by atoms with Crippen LogP contribution in [-0.4, -0.2) is 23.1 Å². The number of carbonyl (C=O) groups excluding carboxylic acids is 2. The summed E-state index contributed by atoms with van der Waals surface area (Å²) in [7, 11) is 0. The van der Waals surface area contributed by atoms with Gasteiger partial charge in [0.05, 0.1) is 11.3 Å². The molecule has 2 aromatic carbocycles. The van der Waals surface area contributed by atoms with Crippen molar-refractivity contribution in [3.05, 3.63) is 70.8 Å². The quantitative estimate of drug-likeness (QED) is 0.287. The molecule has 0 aromatic heterocycles. The molecule has 0 spiro atoms. The van der Waals surface area contributed by atoms with Crippen LogP contribution in [0, 0.1) is 6.92 Å². The van der Waals surface area contributed by atoms with Crippen molar-refractivity contribution in [2.24, 2.45) is 5.73 Å². The van der Waals surface area contributed by atoms with E-state index in [4.69, 9.17) is 10.9 Å². The van der Waals surface area contributed by atoms with Gasteiger partial charge >= 0.3 is 0 Å². The highest BCUT2D eigenvalue weighted by atomic mass is 16.5. The summed E-state index contributed by atoms with van der Waals surface area (Å²) in [6.45, 7) is 1.98. The summed E-state index contributed by atoms with van der Waals surface area (Å²) in [6, 6.07) is 14.2. The summed E-state index contributed by atoms with van der Waals surface area (Å²) in [6.07, 6.45) is 1.97. The molecule has 1 saturated carbocycles. The van der Waals surface area contributed by atoms with Gasteiger partial charge in [-0.15, -0.1) is 0 Å². The van der Waals surface area contributed by atoms with Gasteiger partial charge < -0.3 is 11.1 Å². The minimum Gasteiger partial charge on any atom is -0.398 e. The van der Waals surface area contributed by atoms with Crippen molar-refractivity contribution < 1.29 is 14.8 Å². The molecule has 0 unspecified atom stereocenters. The van der Waals surface area contributed by atoms with Gasteiger partial charge in [-0.3, -0.25) is 14.8 Å². The second-order valence-electron chi connectivity index (χ2n) is 6.42. The molecule has 0 saturated heterocycles. The first kappa shape index (κ1) is 17.7. The molecule has 1 aliphatic carbocycles. The molecule has 6 nitrogen and oxygen atoms in total. The highest BCUT2D eigenvalue weighted by molar-refractivity contribution is 6.26. The van der Waals surface area contributed by atoms with E-state index in [1.165, 1.54) is 0 Å². The lowest BCUT2D eigenvalue weighted by molar-refractivity contribution is -0.115. The van der Waals surface area contributed by atoms with Crippen LogP contribution in [0.15, 0.2) is 48.5 Å². The summed E-state index contributed by atoms with van der Waals surface area (Å²) < 4.78 is 0. The Labute approximate surface area is 151 Å². The number of hydroxylamine groups is 1. The highest BCUT2D eigenvalue weighted by Gasteiger charge is 2.26.